The van der Waals surface area contributed by atoms with Crippen LogP contribution in [0.1, 0.15) is 17.5 Å². The molecule has 0 radical (unpaired) electrons. The average Bonchev–Trinajstić information content (AvgIpc) is 3.23. The largest absolute Gasteiger partial charge is 0.372 e. The molecule has 4 heterocycles. The summed E-state index contributed by atoms with van der Waals surface area (Å²) in [5.74, 6) is 0. The van der Waals surface area contributed by atoms with Crippen LogP contribution in [-0.2, 0) is 17.9 Å². The van der Waals surface area contributed by atoms with E-state index in [1.807, 2.05) is 12.3 Å². The van der Waals surface area contributed by atoms with Crippen LogP contribution in [0.4, 0.5) is 0 Å². The van der Waals surface area contributed by atoms with Gasteiger partial charge in [-0.15, -0.1) is 0 Å². The quantitative estimate of drug-likeness (QED) is 0.843. The van der Waals surface area contributed by atoms with Gasteiger partial charge in [-0.25, -0.2) is 0 Å². The van der Waals surface area contributed by atoms with Gasteiger partial charge in [-0.2, -0.15) is 11.3 Å². The monoisotopic (exact) mass is 329 g/mol. The lowest BCUT2D eigenvalue weighted by Crippen LogP contribution is -2.49. The molecule has 0 unspecified atom stereocenters. The van der Waals surface area contributed by atoms with Crippen molar-refractivity contribution in [2.24, 2.45) is 0 Å². The first-order valence-corrected chi connectivity index (χ1v) is 9.29. The predicted molar refractivity (Wildman–Crippen MR) is 92.4 cm³/mol. The van der Waals surface area contributed by atoms with Crippen molar-refractivity contribution < 1.29 is 4.74 Å². The van der Waals surface area contributed by atoms with Gasteiger partial charge in [0.15, 0.2) is 0 Å². The maximum atomic E-state index is 6.12. The minimum Gasteiger partial charge on any atom is -0.372 e. The van der Waals surface area contributed by atoms with Crippen molar-refractivity contribution in [2.75, 3.05) is 26.2 Å². The van der Waals surface area contributed by atoms with Crippen LogP contribution in [0, 0.1) is 0 Å². The first kappa shape index (κ1) is 15.3. The first-order valence-electron chi connectivity index (χ1n) is 8.35. The van der Waals surface area contributed by atoms with Crippen LogP contribution in [-0.4, -0.2) is 53.1 Å². The Kier molecular flexibility index (Phi) is 4.71. The van der Waals surface area contributed by atoms with Crippen molar-refractivity contribution >= 4 is 11.3 Å². The molecule has 23 heavy (non-hydrogen) atoms. The molecule has 2 atom stereocenters. The van der Waals surface area contributed by atoms with Crippen molar-refractivity contribution in [3.8, 4) is 0 Å². The summed E-state index contributed by atoms with van der Waals surface area (Å²) in [7, 11) is 0. The van der Waals surface area contributed by atoms with Gasteiger partial charge in [-0.3, -0.25) is 14.8 Å². The molecule has 0 amide bonds. The third-order valence-electron chi connectivity index (χ3n) is 4.86. The smallest absolute Gasteiger partial charge is 0.0736 e. The van der Waals surface area contributed by atoms with Gasteiger partial charge in [0.05, 0.1) is 12.7 Å². The number of hydrogen-bond donors (Lipinski definition) is 0. The van der Waals surface area contributed by atoms with E-state index in [0.717, 1.165) is 25.1 Å². The zero-order chi connectivity index (χ0) is 15.5. The lowest BCUT2D eigenvalue weighted by molar-refractivity contribution is 0.0457. The van der Waals surface area contributed by atoms with E-state index in [0.29, 0.717) is 18.8 Å². The minimum absolute atomic E-state index is 0.362. The summed E-state index contributed by atoms with van der Waals surface area (Å²) in [4.78, 5) is 9.35. The van der Waals surface area contributed by atoms with Crippen LogP contribution < -0.4 is 0 Å². The molecular formula is C18H23N3OS. The zero-order valence-electron chi connectivity index (χ0n) is 13.3. The Labute approximate surface area is 141 Å². The molecule has 2 saturated heterocycles. The predicted octanol–water partition coefficient (Wildman–Crippen LogP) is 2.62. The normalized spacial score (nSPS) is 25.6. The molecule has 0 saturated carbocycles. The van der Waals surface area contributed by atoms with Gasteiger partial charge in [0.25, 0.3) is 0 Å². The van der Waals surface area contributed by atoms with Crippen molar-refractivity contribution in [1.29, 1.82) is 0 Å². The number of hydrogen-bond acceptors (Lipinski definition) is 5. The Bertz CT molecular complexity index is 604. The molecule has 4 nitrogen and oxygen atoms in total. The number of nitrogens with zero attached hydrogens (tertiary/aromatic N) is 3. The van der Waals surface area contributed by atoms with Crippen LogP contribution in [0.2, 0.25) is 0 Å². The molecule has 0 aliphatic carbocycles. The number of pyridine rings is 1. The van der Waals surface area contributed by atoms with E-state index in [1.54, 1.807) is 17.5 Å². The highest BCUT2D eigenvalue weighted by molar-refractivity contribution is 7.07. The molecule has 0 bridgehead atoms. The van der Waals surface area contributed by atoms with Crippen molar-refractivity contribution in [3.05, 3.63) is 52.5 Å². The third-order valence-corrected chi connectivity index (χ3v) is 5.59. The number of rotatable bonds is 5. The average molecular weight is 329 g/mol. The van der Waals surface area contributed by atoms with E-state index in [1.165, 1.54) is 25.2 Å². The molecule has 0 N–H and O–H groups in total. The molecule has 2 aromatic rings. The van der Waals surface area contributed by atoms with E-state index in [4.69, 9.17) is 4.74 Å². The van der Waals surface area contributed by atoms with Crippen molar-refractivity contribution in [2.45, 2.75) is 31.7 Å². The van der Waals surface area contributed by atoms with Gasteiger partial charge in [0, 0.05) is 51.2 Å². The molecule has 5 heteroatoms. The highest BCUT2D eigenvalue weighted by Crippen LogP contribution is 2.25. The van der Waals surface area contributed by atoms with E-state index in [2.05, 4.69) is 37.7 Å². The number of thiophene rings is 1. The Balaban J connectivity index is 1.27. The van der Waals surface area contributed by atoms with Crippen LogP contribution in [0.3, 0.4) is 0 Å². The maximum Gasteiger partial charge on any atom is 0.0736 e. The fraction of sp³-hybridized carbons (Fsp3) is 0.500. The number of ether oxygens (including phenoxy) is 1. The van der Waals surface area contributed by atoms with Gasteiger partial charge in [-0.05, 0) is 40.4 Å². The first-order chi connectivity index (χ1) is 11.4. The lowest BCUT2D eigenvalue weighted by Gasteiger charge is -2.37. The highest BCUT2D eigenvalue weighted by atomic mass is 32.1. The topological polar surface area (TPSA) is 28.6 Å². The molecule has 2 aliphatic heterocycles. The summed E-state index contributed by atoms with van der Waals surface area (Å²) in [6, 6.07) is 6.95. The maximum absolute atomic E-state index is 6.12. The Morgan fingerprint density at radius 2 is 2.22 bits per heavy atom. The van der Waals surface area contributed by atoms with Gasteiger partial charge in [-0.1, -0.05) is 6.07 Å². The highest BCUT2D eigenvalue weighted by Gasteiger charge is 2.36. The van der Waals surface area contributed by atoms with Crippen molar-refractivity contribution in [1.82, 2.24) is 14.8 Å². The molecule has 4 rings (SSSR count). The Hall–Kier alpha value is -1.27. The van der Waals surface area contributed by atoms with Crippen LogP contribution in [0.25, 0.3) is 0 Å². The zero-order valence-corrected chi connectivity index (χ0v) is 14.1. The molecule has 2 fully saturated rings. The van der Waals surface area contributed by atoms with Crippen LogP contribution in [0.15, 0.2) is 41.4 Å². The van der Waals surface area contributed by atoms with Gasteiger partial charge >= 0.3 is 0 Å². The third kappa shape index (κ3) is 3.80. The summed E-state index contributed by atoms with van der Waals surface area (Å²) in [5.41, 5.74) is 2.61. The van der Waals surface area contributed by atoms with Crippen LogP contribution >= 0.6 is 11.3 Å². The van der Waals surface area contributed by atoms with Crippen molar-refractivity contribution in [3.63, 3.8) is 0 Å². The fourth-order valence-electron chi connectivity index (χ4n) is 3.66. The standard InChI is InChI=1S/C18H23N3OS/c1-2-15(9-19-4-1)13-22-18-8-17-11-20(5-6-21(17)12-18)10-16-3-7-23-14-16/h1-4,7,9,14,17-18H,5-6,8,10-13H2/t17-,18+/m0/s1. The molecule has 2 aliphatic rings. The summed E-state index contributed by atoms with van der Waals surface area (Å²) >= 11 is 1.79. The summed E-state index contributed by atoms with van der Waals surface area (Å²) in [6.07, 6.45) is 5.22. The van der Waals surface area contributed by atoms with Gasteiger partial charge in [0.1, 0.15) is 0 Å². The Morgan fingerprint density at radius 1 is 1.22 bits per heavy atom. The van der Waals surface area contributed by atoms with E-state index in [9.17, 15) is 0 Å². The second-order valence-corrected chi connectivity index (χ2v) is 7.33. The minimum atomic E-state index is 0.362. The summed E-state index contributed by atoms with van der Waals surface area (Å²) in [5, 5.41) is 4.43. The number of aromatic nitrogens is 1. The number of piperazine rings is 1. The second-order valence-electron chi connectivity index (χ2n) is 6.55. The summed E-state index contributed by atoms with van der Waals surface area (Å²) in [6.45, 7) is 6.36. The fourth-order valence-corrected chi connectivity index (χ4v) is 4.32. The van der Waals surface area contributed by atoms with E-state index in [-0.39, 0.29) is 0 Å². The molecule has 2 aromatic heterocycles. The SMILES string of the molecule is c1cncc(CO[C@@H]2C[C@H]3CN(Cc4ccsc4)CCN3C2)c1. The van der Waals surface area contributed by atoms with E-state index >= 15 is 0 Å². The van der Waals surface area contributed by atoms with E-state index < -0.39 is 0 Å². The molecule has 0 aromatic carbocycles. The van der Waals surface area contributed by atoms with Crippen LogP contribution in [0.5, 0.6) is 0 Å². The van der Waals surface area contributed by atoms with Gasteiger partial charge < -0.3 is 4.74 Å². The second kappa shape index (κ2) is 7.09. The number of fused-ring (bicyclic) bond motifs is 1. The molecular weight excluding hydrogens is 306 g/mol. The summed E-state index contributed by atoms with van der Waals surface area (Å²) < 4.78 is 6.12. The van der Waals surface area contributed by atoms with Gasteiger partial charge in [0.2, 0.25) is 0 Å². The molecule has 0 spiro atoms. The Morgan fingerprint density at radius 3 is 3.04 bits per heavy atom. The molecule has 122 valence electrons. The lowest BCUT2D eigenvalue weighted by atomic mass is 10.1.